The van der Waals surface area contributed by atoms with Crippen molar-refractivity contribution in [2.75, 3.05) is 32.6 Å². The van der Waals surface area contributed by atoms with Gasteiger partial charge in [0.1, 0.15) is 5.84 Å². The van der Waals surface area contributed by atoms with E-state index in [0.717, 1.165) is 22.3 Å². The molecule has 0 spiro atoms. The summed E-state index contributed by atoms with van der Waals surface area (Å²) in [6.07, 6.45) is 3.83. The smallest absolute Gasteiger partial charge is 0.122 e. The van der Waals surface area contributed by atoms with Gasteiger partial charge in [0.05, 0.1) is 5.69 Å². The topological polar surface area (TPSA) is 56.4 Å². The first kappa shape index (κ1) is 15.3. The number of nitrogens with two attached hydrogens (primary N) is 1. The summed E-state index contributed by atoms with van der Waals surface area (Å²) in [7, 11) is 6.46. The van der Waals surface area contributed by atoms with Crippen molar-refractivity contribution in [3.05, 3.63) is 28.2 Å². The zero-order chi connectivity index (χ0) is 14.9. The number of nitrogen functional groups attached to an aromatic ring is 1. The molecule has 0 heterocycles. The van der Waals surface area contributed by atoms with Crippen molar-refractivity contribution in [1.82, 2.24) is 4.90 Å². The van der Waals surface area contributed by atoms with Crippen molar-refractivity contribution in [3.63, 3.8) is 0 Å². The highest BCUT2D eigenvalue weighted by Crippen LogP contribution is 2.38. The van der Waals surface area contributed by atoms with Gasteiger partial charge in [-0.3, -0.25) is 5.41 Å². The fraction of sp³-hybridized carbons (Fsp3) is 0.533. The monoisotopic (exact) mass is 338 g/mol. The number of anilines is 1. The summed E-state index contributed by atoms with van der Waals surface area (Å²) in [4.78, 5) is 4.64. The Balaban J connectivity index is 2.17. The molecule has 0 amide bonds. The number of nitrogens with zero attached hydrogens (tertiary/aromatic N) is 2. The molecule has 2 rings (SSSR count). The first-order valence-electron chi connectivity index (χ1n) is 6.88. The Labute approximate surface area is 129 Å². The first-order chi connectivity index (χ1) is 9.35. The SMILES string of the molecule is CN(CC1(N(C)C)CCC1)c1ccc(C(=N)N)cc1Br. The van der Waals surface area contributed by atoms with E-state index in [1.54, 1.807) is 0 Å². The Hall–Kier alpha value is -1.07. The van der Waals surface area contributed by atoms with Crippen LogP contribution in [-0.2, 0) is 0 Å². The van der Waals surface area contributed by atoms with Crippen LogP contribution in [0.2, 0.25) is 0 Å². The molecule has 4 nitrogen and oxygen atoms in total. The number of likely N-dealkylation sites (N-methyl/N-ethyl adjacent to an activating group) is 2. The molecule has 0 radical (unpaired) electrons. The molecule has 0 atom stereocenters. The number of rotatable bonds is 5. The second-order valence-electron chi connectivity index (χ2n) is 5.91. The predicted octanol–water partition coefficient (Wildman–Crippen LogP) is 2.65. The van der Waals surface area contributed by atoms with Crippen LogP contribution in [0, 0.1) is 5.41 Å². The lowest BCUT2D eigenvalue weighted by molar-refractivity contribution is 0.0683. The van der Waals surface area contributed by atoms with Gasteiger partial charge in [-0.15, -0.1) is 0 Å². The van der Waals surface area contributed by atoms with Gasteiger partial charge in [-0.1, -0.05) is 0 Å². The molecule has 1 aliphatic carbocycles. The largest absolute Gasteiger partial charge is 0.384 e. The molecule has 1 aromatic rings. The van der Waals surface area contributed by atoms with Crippen molar-refractivity contribution in [1.29, 1.82) is 5.41 Å². The average molecular weight is 339 g/mol. The second-order valence-corrected chi connectivity index (χ2v) is 6.76. The highest BCUT2D eigenvalue weighted by molar-refractivity contribution is 9.10. The van der Waals surface area contributed by atoms with E-state index in [4.69, 9.17) is 11.1 Å². The zero-order valence-corrected chi connectivity index (χ0v) is 14.0. The van der Waals surface area contributed by atoms with Gasteiger partial charge in [0, 0.05) is 29.2 Å². The summed E-state index contributed by atoms with van der Waals surface area (Å²) in [5.41, 5.74) is 7.71. The predicted molar refractivity (Wildman–Crippen MR) is 88.7 cm³/mol. The second kappa shape index (κ2) is 5.74. The lowest BCUT2D eigenvalue weighted by atomic mass is 9.75. The van der Waals surface area contributed by atoms with Crippen LogP contribution in [0.1, 0.15) is 24.8 Å². The minimum Gasteiger partial charge on any atom is -0.384 e. The van der Waals surface area contributed by atoms with Crippen molar-refractivity contribution < 1.29 is 0 Å². The van der Waals surface area contributed by atoms with Crippen molar-refractivity contribution in [2.45, 2.75) is 24.8 Å². The molecule has 5 heteroatoms. The summed E-state index contributed by atoms with van der Waals surface area (Å²) < 4.78 is 0.987. The van der Waals surface area contributed by atoms with E-state index < -0.39 is 0 Å². The van der Waals surface area contributed by atoms with Gasteiger partial charge in [0.2, 0.25) is 0 Å². The van der Waals surface area contributed by atoms with Crippen LogP contribution in [0.15, 0.2) is 22.7 Å². The van der Waals surface area contributed by atoms with Crippen LogP contribution in [0.4, 0.5) is 5.69 Å². The minimum atomic E-state index is 0.101. The Kier molecular flexibility index (Phi) is 4.39. The highest BCUT2D eigenvalue weighted by Gasteiger charge is 2.40. The summed E-state index contributed by atoms with van der Waals surface area (Å²) in [5.74, 6) is 0.101. The minimum absolute atomic E-state index is 0.101. The number of benzene rings is 1. The van der Waals surface area contributed by atoms with Crippen LogP contribution >= 0.6 is 15.9 Å². The average Bonchev–Trinajstić information content (AvgIpc) is 2.32. The van der Waals surface area contributed by atoms with Crippen LogP contribution < -0.4 is 10.6 Å². The van der Waals surface area contributed by atoms with Gasteiger partial charge in [-0.2, -0.15) is 0 Å². The lowest BCUT2D eigenvalue weighted by Crippen LogP contribution is -2.56. The van der Waals surface area contributed by atoms with E-state index in [2.05, 4.69) is 46.9 Å². The van der Waals surface area contributed by atoms with E-state index in [9.17, 15) is 0 Å². The lowest BCUT2D eigenvalue weighted by Gasteiger charge is -2.49. The maximum absolute atomic E-state index is 7.49. The Morgan fingerprint density at radius 3 is 2.40 bits per heavy atom. The summed E-state index contributed by atoms with van der Waals surface area (Å²) in [6.45, 7) is 1.01. The molecule has 0 aliphatic heterocycles. The summed E-state index contributed by atoms with van der Waals surface area (Å²) in [5, 5.41) is 7.49. The maximum atomic E-state index is 7.49. The highest BCUT2D eigenvalue weighted by atomic mass is 79.9. The maximum Gasteiger partial charge on any atom is 0.122 e. The van der Waals surface area contributed by atoms with Gasteiger partial charge in [-0.05, 0) is 67.5 Å². The number of amidine groups is 1. The van der Waals surface area contributed by atoms with Gasteiger partial charge in [0.25, 0.3) is 0 Å². The van der Waals surface area contributed by atoms with Gasteiger partial charge < -0.3 is 15.5 Å². The normalized spacial score (nSPS) is 16.9. The van der Waals surface area contributed by atoms with E-state index >= 15 is 0 Å². The van der Waals surface area contributed by atoms with E-state index in [0.29, 0.717) is 5.54 Å². The molecular weight excluding hydrogens is 316 g/mol. The molecule has 3 N–H and O–H groups in total. The Morgan fingerprint density at radius 2 is 2.00 bits per heavy atom. The molecule has 0 aromatic heterocycles. The zero-order valence-electron chi connectivity index (χ0n) is 12.4. The van der Waals surface area contributed by atoms with Crippen molar-refractivity contribution >= 4 is 27.5 Å². The van der Waals surface area contributed by atoms with Crippen LogP contribution in [0.25, 0.3) is 0 Å². The fourth-order valence-electron chi connectivity index (χ4n) is 2.84. The van der Waals surface area contributed by atoms with E-state index in [1.165, 1.54) is 19.3 Å². The number of hydrogen-bond donors (Lipinski definition) is 2. The number of hydrogen-bond acceptors (Lipinski definition) is 3. The van der Waals surface area contributed by atoms with Crippen molar-refractivity contribution in [2.24, 2.45) is 5.73 Å². The third kappa shape index (κ3) is 2.83. The molecular formula is C15H23BrN4. The molecule has 1 aliphatic rings. The molecule has 20 heavy (non-hydrogen) atoms. The molecule has 0 unspecified atom stereocenters. The van der Waals surface area contributed by atoms with E-state index in [1.807, 2.05) is 18.2 Å². The Bertz CT molecular complexity index is 509. The molecule has 1 saturated carbocycles. The molecule has 1 fully saturated rings. The number of halogens is 1. The molecule has 110 valence electrons. The third-order valence-electron chi connectivity index (χ3n) is 4.43. The van der Waals surface area contributed by atoms with Gasteiger partial charge in [0.15, 0.2) is 0 Å². The Morgan fingerprint density at radius 1 is 1.35 bits per heavy atom. The summed E-state index contributed by atoms with van der Waals surface area (Å²) >= 11 is 3.59. The third-order valence-corrected chi connectivity index (χ3v) is 5.07. The summed E-state index contributed by atoms with van der Waals surface area (Å²) in [6, 6.07) is 5.85. The van der Waals surface area contributed by atoms with Crippen LogP contribution in [0.3, 0.4) is 0 Å². The fourth-order valence-corrected chi connectivity index (χ4v) is 3.52. The van der Waals surface area contributed by atoms with Gasteiger partial charge in [-0.25, -0.2) is 0 Å². The van der Waals surface area contributed by atoms with Crippen LogP contribution in [0.5, 0.6) is 0 Å². The van der Waals surface area contributed by atoms with Crippen molar-refractivity contribution in [3.8, 4) is 0 Å². The van der Waals surface area contributed by atoms with Gasteiger partial charge >= 0.3 is 0 Å². The molecule has 0 bridgehead atoms. The first-order valence-corrected chi connectivity index (χ1v) is 7.67. The molecule has 1 aromatic carbocycles. The standard InChI is InChI=1S/C15H23BrN4/c1-19(2)15(7-4-8-15)10-20(3)13-6-5-11(14(17)18)9-12(13)16/h5-6,9H,4,7-8,10H2,1-3H3,(H3,17,18). The quantitative estimate of drug-likeness (QED) is 0.641. The van der Waals surface area contributed by atoms with Crippen LogP contribution in [-0.4, -0.2) is 44.0 Å². The molecule has 0 saturated heterocycles. The number of nitrogens with one attached hydrogen (secondary N) is 1. The van der Waals surface area contributed by atoms with E-state index in [-0.39, 0.29) is 5.84 Å².